The molecule has 2 nitrogen and oxygen atoms in total. The Morgan fingerprint density at radius 1 is 1.13 bits per heavy atom. The standard InChI is InChI=1S/C11H19F2NO/c1-8-2-4-9(5-3-8)14-6-10(7-14)15-11(12)13/h8-11H,2-7H2,1H3/t8-,9-. The van der Waals surface area contributed by atoms with E-state index in [9.17, 15) is 8.78 Å². The number of alkyl halides is 2. The highest BCUT2D eigenvalue weighted by Crippen LogP contribution is 2.30. The molecule has 4 heteroatoms. The molecule has 88 valence electrons. The smallest absolute Gasteiger partial charge is 0.317 e. The van der Waals surface area contributed by atoms with E-state index in [-0.39, 0.29) is 6.10 Å². The fraction of sp³-hybridized carbons (Fsp3) is 1.00. The van der Waals surface area contributed by atoms with Crippen LogP contribution in [0.3, 0.4) is 0 Å². The van der Waals surface area contributed by atoms with Gasteiger partial charge in [0.2, 0.25) is 0 Å². The van der Waals surface area contributed by atoms with E-state index in [0.29, 0.717) is 19.1 Å². The molecule has 1 saturated carbocycles. The lowest BCUT2D eigenvalue weighted by Gasteiger charge is -2.45. The summed E-state index contributed by atoms with van der Waals surface area (Å²) in [4.78, 5) is 2.29. The number of hydrogen-bond acceptors (Lipinski definition) is 2. The highest BCUT2D eigenvalue weighted by Gasteiger charge is 2.35. The SMILES string of the molecule is C[C@H]1CC[C@H](N2CC(OC(F)F)C2)CC1. The van der Waals surface area contributed by atoms with E-state index in [1.54, 1.807) is 0 Å². The van der Waals surface area contributed by atoms with Gasteiger partial charge in [0.15, 0.2) is 0 Å². The van der Waals surface area contributed by atoms with Crippen molar-refractivity contribution in [2.45, 2.75) is 51.4 Å². The van der Waals surface area contributed by atoms with Gasteiger partial charge in [-0.25, -0.2) is 0 Å². The summed E-state index contributed by atoms with van der Waals surface area (Å²) in [6.45, 7) is 1.07. The van der Waals surface area contributed by atoms with E-state index < -0.39 is 6.61 Å². The number of likely N-dealkylation sites (tertiary alicyclic amines) is 1. The lowest BCUT2D eigenvalue weighted by Crippen LogP contribution is -2.57. The topological polar surface area (TPSA) is 12.5 Å². The van der Waals surface area contributed by atoms with Crippen LogP contribution >= 0.6 is 0 Å². The second-order valence-corrected chi connectivity index (χ2v) is 4.89. The molecule has 0 atom stereocenters. The minimum Gasteiger partial charge on any atom is -0.317 e. The fourth-order valence-electron chi connectivity index (χ4n) is 2.61. The molecule has 0 bridgehead atoms. The van der Waals surface area contributed by atoms with Gasteiger partial charge in [-0.15, -0.1) is 0 Å². The van der Waals surface area contributed by atoms with Crippen LogP contribution in [0.5, 0.6) is 0 Å². The van der Waals surface area contributed by atoms with Crippen LogP contribution in [-0.4, -0.2) is 36.7 Å². The first-order valence-electron chi connectivity index (χ1n) is 5.83. The molecule has 2 fully saturated rings. The normalized spacial score (nSPS) is 34.4. The van der Waals surface area contributed by atoms with Crippen molar-refractivity contribution < 1.29 is 13.5 Å². The van der Waals surface area contributed by atoms with Crippen LogP contribution in [0.15, 0.2) is 0 Å². The van der Waals surface area contributed by atoms with Gasteiger partial charge in [-0.1, -0.05) is 6.92 Å². The van der Waals surface area contributed by atoms with Crippen LogP contribution in [0.4, 0.5) is 8.78 Å². The van der Waals surface area contributed by atoms with Crippen molar-refractivity contribution in [2.75, 3.05) is 13.1 Å². The van der Waals surface area contributed by atoms with E-state index >= 15 is 0 Å². The summed E-state index contributed by atoms with van der Waals surface area (Å²) >= 11 is 0. The van der Waals surface area contributed by atoms with E-state index in [1.807, 2.05) is 0 Å². The fourth-order valence-corrected chi connectivity index (χ4v) is 2.61. The Kier molecular flexibility index (Phi) is 3.57. The van der Waals surface area contributed by atoms with Gasteiger partial charge in [0.05, 0.1) is 6.10 Å². The van der Waals surface area contributed by atoms with E-state index in [0.717, 1.165) is 5.92 Å². The average molecular weight is 219 g/mol. The molecule has 0 radical (unpaired) electrons. The zero-order valence-electron chi connectivity index (χ0n) is 9.16. The lowest BCUT2D eigenvalue weighted by atomic mass is 9.85. The molecule has 0 unspecified atom stereocenters. The van der Waals surface area contributed by atoms with Crippen molar-refractivity contribution in [3.63, 3.8) is 0 Å². The van der Waals surface area contributed by atoms with Gasteiger partial charge in [0.25, 0.3) is 0 Å². The summed E-state index contributed by atoms with van der Waals surface area (Å²) in [7, 11) is 0. The van der Waals surface area contributed by atoms with E-state index in [1.165, 1.54) is 25.7 Å². The highest BCUT2D eigenvalue weighted by molar-refractivity contribution is 4.88. The number of ether oxygens (including phenoxy) is 1. The maximum Gasteiger partial charge on any atom is 0.345 e. The molecule has 2 rings (SSSR count). The predicted octanol–water partition coefficient (Wildman–Crippen LogP) is 2.49. The second-order valence-electron chi connectivity index (χ2n) is 4.89. The van der Waals surface area contributed by atoms with Crippen LogP contribution in [0.1, 0.15) is 32.6 Å². The third kappa shape index (κ3) is 2.88. The maximum atomic E-state index is 11.9. The van der Waals surface area contributed by atoms with Crippen molar-refractivity contribution in [2.24, 2.45) is 5.92 Å². The Morgan fingerprint density at radius 2 is 1.73 bits per heavy atom. The van der Waals surface area contributed by atoms with E-state index in [4.69, 9.17) is 0 Å². The molecule has 0 N–H and O–H groups in total. The monoisotopic (exact) mass is 219 g/mol. The van der Waals surface area contributed by atoms with Crippen molar-refractivity contribution >= 4 is 0 Å². The predicted molar refractivity (Wildman–Crippen MR) is 53.9 cm³/mol. The molecule has 0 spiro atoms. The average Bonchev–Trinajstić information content (AvgIpc) is 2.12. The van der Waals surface area contributed by atoms with Crippen LogP contribution in [0.25, 0.3) is 0 Å². The Bertz CT molecular complexity index is 199. The highest BCUT2D eigenvalue weighted by atomic mass is 19.3. The molecule has 1 aliphatic carbocycles. The van der Waals surface area contributed by atoms with Gasteiger partial charge in [0.1, 0.15) is 0 Å². The molecule has 0 amide bonds. The number of nitrogens with zero attached hydrogens (tertiary/aromatic N) is 1. The first kappa shape index (κ1) is 11.3. The van der Waals surface area contributed by atoms with Crippen molar-refractivity contribution in [3.05, 3.63) is 0 Å². The molecule has 1 heterocycles. The Labute approximate surface area is 89.6 Å². The zero-order valence-corrected chi connectivity index (χ0v) is 9.16. The molecule has 15 heavy (non-hydrogen) atoms. The summed E-state index contributed by atoms with van der Waals surface area (Å²) in [5.74, 6) is 0.843. The summed E-state index contributed by atoms with van der Waals surface area (Å²) < 4.78 is 28.2. The van der Waals surface area contributed by atoms with Gasteiger partial charge in [-0.3, -0.25) is 4.90 Å². The maximum absolute atomic E-state index is 11.9. The van der Waals surface area contributed by atoms with Gasteiger partial charge in [-0.2, -0.15) is 8.78 Å². The van der Waals surface area contributed by atoms with Gasteiger partial charge in [0, 0.05) is 19.1 Å². The first-order chi connectivity index (χ1) is 7.15. The summed E-state index contributed by atoms with van der Waals surface area (Å²) in [5, 5.41) is 0. The van der Waals surface area contributed by atoms with Crippen molar-refractivity contribution in [1.29, 1.82) is 0 Å². The number of halogens is 2. The lowest BCUT2D eigenvalue weighted by molar-refractivity contribution is -0.202. The van der Waals surface area contributed by atoms with Gasteiger partial charge < -0.3 is 4.74 Å². The van der Waals surface area contributed by atoms with Crippen LogP contribution in [0, 0.1) is 5.92 Å². The largest absolute Gasteiger partial charge is 0.345 e. The van der Waals surface area contributed by atoms with Crippen LogP contribution < -0.4 is 0 Å². The van der Waals surface area contributed by atoms with E-state index in [2.05, 4.69) is 16.6 Å². The minimum atomic E-state index is -2.61. The van der Waals surface area contributed by atoms with Gasteiger partial charge in [-0.05, 0) is 31.6 Å². The summed E-state index contributed by atoms with van der Waals surface area (Å²) in [5.41, 5.74) is 0. The number of rotatable bonds is 3. The van der Waals surface area contributed by atoms with Crippen LogP contribution in [0.2, 0.25) is 0 Å². The molecule has 1 saturated heterocycles. The zero-order chi connectivity index (χ0) is 10.8. The third-order valence-corrected chi connectivity index (χ3v) is 3.67. The van der Waals surface area contributed by atoms with Crippen molar-refractivity contribution in [1.82, 2.24) is 4.90 Å². The number of hydrogen-bond donors (Lipinski definition) is 0. The molecular weight excluding hydrogens is 200 g/mol. The Morgan fingerprint density at radius 3 is 2.27 bits per heavy atom. The Balaban J connectivity index is 1.66. The third-order valence-electron chi connectivity index (χ3n) is 3.67. The summed E-state index contributed by atoms with van der Waals surface area (Å²) in [6.07, 6.45) is 4.78. The van der Waals surface area contributed by atoms with Gasteiger partial charge >= 0.3 is 6.61 Å². The quantitative estimate of drug-likeness (QED) is 0.723. The molecule has 1 aliphatic heterocycles. The molecular formula is C11H19F2NO. The summed E-state index contributed by atoms with van der Waals surface area (Å²) in [6, 6.07) is 0.624. The molecule has 0 aromatic rings. The second kappa shape index (κ2) is 4.74. The van der Waals surface area contributed by atoms with Crippen molar-refractivity contribution in [3.8, 4) is 0 Å². The minimum absolute atomic E-state index is 0.232. The molecule has 0 aromatic carbocycles. The molecule has 0 aromatic heterocycles. The first-order valence-corrected chi connectivity index (χ1v) is 5.83. The van der Waals surface area contributed by atoms with Crippen LogP contribution in [-0.2, 0) is 4.74 Å². The Hall–Kier alpha value is -0.220. The molecule has 2 aliphatic rings.